The third kappa shape index (κ3) is 22.2. The molecule has 0 spiro atoms. The second-order valence-electron chi connectivity index (χ2n) is 33.2. The lowest BCUT2D eigenvalue weighted by Crippen LogP contribution is -2.00. The second kappa shape index (κ2) is 46.7. The number of fused-ring (bicyclic) bond motifs is 5. The molecular weight excluding hydrogens is 1980 g/mol. The normalized spacial score (nSPS) is 12.5. The summed E-state index contributed by atoms with van der Waals surface area (Å²) >= 11 is 7.08. The summed E-state index contributed by atoms with van der Waals surface area (Å²) in [4.78, 5) is 78.5. The summed E-state index contributed by atoms with van der Waals surface area (Å²) in [7, 11) is 2.20. The predicted molar refractivity (Wildman–Crippen MR) is 584 cm³/mol. The van der Waals surface area contributed by atoms with Crippen LogP contribution in [0, 0.1) is 13.8 Å². The van der Waals surface area contributed by atoms with Gasteiger partial charge in [0.1, 0.15) is 75.8 Å². The number of unbranched alkanes of at least 4 members (excludes halogenated alkanes) is 5. The Balaban J connectivity index is 0.000000128. The minimum absolute atomic E-state index is 0.552. The summed E-state index contributed by atoms with van der Waals surface area (Å²) in [5, 5.41) is 4.23. The van der Waals surface area contributed by atoms with Crippen LogP contribution in [0.4, 0.5) is 28.4 Å². The average Bonchev–Trinajstić information content (AvgIpc) is 1.62. The van der Waals surface area contributed by atoms with E-state index in [-0.39, 0.29) is 0 Å². The quantitative estimate of drug-likeness (QED) is 0.0279. The van der Waals surface area contributed by atoms with Crippen molar-refractivity contribution in [1.82, 2.24) is 103 Å². The van der Waals surface area contributed by atoms with Gasteiger partial charge in [-0.2, -0.15) is 0 Å². The zero-order valence-corrected chi connectivity index (χ0v) is 88.2. The van der Waals surface area contributed by atoms with Gasteiger partial charge in [0.05, 0.1) is 177 Å². The molecule has 1 aromatic carbocycles. The van der Waals surface area contributed by atoms with Crippen LogP contribution < -0.4 is 28.7 Å². The smallest absolute Gasteiger partial charge is 0.127 e. The van der Waals surface area contributed by atoms with Crippen molar-refractivity contribution < 1.29 is 21.0 Å². The largest absolute Gasteiger partial charge is 0.396 e. The molecule has 0 aliphatic rings. The molecule has 0 amide bonds. The zero-order chi connectivity index (χ0) is 99.9. The monoisotopic (exact) mass is 2080 g/mol. The first kappa shape index (κ1) is 102. The molecule has 0 aliphatic carbocycles. The van der Waals surface area contributed by atoms with E-state index in [0.717, 1.165) is 240 Å². The molecule has 19 aromatic heterocycles. The number of nitrogens with two attached hydrogens (primary N) is 5. The van der Waals surface area contributed by atoms with Crippen LogP contribution in [0.15, 0.2) is 224 Å². The van der Waals surface area contributed by atoms with Crippen molar-refractivity contribution in [3.63, 3.8) is 0 Å². The number of rotatable bonds is 30. The third-order valence-corrected chi connectivity index (χ3v) is 38.5. The van der Waals surface area contributed by atoms with Gasteiger partial charge in [-0.3, -0.25) is 31.0 Å². The van der Waals surface area contributed by atoms with Gasteiger partial charge >= 0.3 is 0 Å². The van der Waals surface area contributed by atoms with E-state index in [1.165, 1.54) is 75.7 Å². The fourth-order valence-electron chi connectivity index (χ4n) is 15.6. The van der Waals surface area contributed by atoms with E-state index in [1.54, 1.807) is 68.4 Å². The minimum Gasteiger partial charge on any atom is -0.396 e. The van der Waals surface area contributed by atoms with Crippen molar-refractivity contribution in [1.29, 1.82) is 0 Å². The number of aromatic nitrogens is 21. The van der Waals surface area contributed by atoms with Crippen LogP contribution in [0.1, 0.15) is 110 Å². The molecule has 41 heteroatoms. The molecule has 5 atom stereocenters. The molecular formula is C101H106N26O5S10. The SMILES string of the molecule is CCCCS(=O)c1sc2nc(-c3ccncn3)cc(-c3ccccc3)c2c1N.CCCC[S@@](=O)c1sc2nc(-c3cccnc3)cc(-c3cncn3C)c2c1N.CCCC[S@@](=O)c1sc2nc(-c3cncnc3)cc(-c3cnc(C)n3C)c2c1N.CCCC[S@](=O)c1sc2nc(-c3cccnc3)cc(-c3cncn3C)c2c1N.CCCC[S@](=O)c1sc2nc(-c3cncnc3)cc(-c3cnc(C)n3C)c2c1N. The minimum atomic E-state index is -1.14. The summed E-state index contributed by atoms with van der Waals surface area (Å²) in [5.74, 6) is 4.85. The van der Waals surface area contributed by atoms with Crippen LogP contribution in [0.5, 0.6) is 0 Å². The lowest BCUT2D eigenvalue weighted by Gasteiger charge is -2.09. The third-order valence-electron chi connectivity index (χ3n) is 23.5. The molecule has 730 valence electrons. The molecule has 0 fully saturated rings. The van der Waals surface area contributed by atoms with Crippen molar-refractivity contribution in [2.75, 3.05) is 57.4 Å². The Bertz CT molecular complexity index is 7610. The first-order valence-electron chi connectivity index (χ1n) is 46.0. The van der Waals surface area contributed by atoms with Gasteiger partial charge in [-0.1, -0.05) is 97.1 Å². The molecule has 31 nitrogen and oxygen atoms in total. The van der Waals surface area contributed by atoms with Crippen LogP contribution in [0.25, 0.3) is 164 Å². The molecule has 0 bridgehead atoms. The van der Waals surface area contributed by atoms with Crippen molar-refractivity contribution >= 4 is 190 Å². The van der Waals surface area contributed by atoms with Crippen molar-refractivity contribution in [2.45, 2.75) is 134 Å². The number of aryl methyl sites for hydroxylation is 4. The average molecular weight is 2080 g/mol. The number of pyridine rings is 7. The highest BCUT2D eigenvalue weighted by Crippen LogP contribution is 2.49. The van der Waals surface area contributed by atoms with Crippen LogP contribution in [0.3, 0.4) is 0 Å². The maximum absolute atomic E-state index is 12.8. The maximum atomic E-state index is 12.8. The fraction of sp³-hybridized carbons (Fsp3) is 0.257. The van der Waals surface area contributed by atoms with Gasteiger partial charge in [0, 0.05) is 184 Å². The van der Waals surface area contributed by atoms with E-state index < -0.39 is 54.0 Å². The fourth-order valence-corrected chi connectivity index (χ4v) is 29.6. The molecule has 0 aliphatic heterocycles. The van der Waals surface area contributed by atoms with Crippen molar-refractivity contribution in [2.24, 2.45) is 28.2 Å². The summed E-state index contributed by atoms with van der Waals surface area (Å²) < 4.78 is 75.5. The van der Waals surface area contributed by atoms with Crippen LogP contribution in [0.2, 0.25) is 0 Å². The molecule has 20 aromatic rings. The van der Waals surface area contributed by atoms with E-state index in [9.17, 15) is 21.0 Å². The molecule has 1 unspecified atom stereocenters. The summed E-state index contributed by atoms with van der Waals surface area (Å²) in [6.07, 6.45) is 40.5. The number of hydrogen-bond acceptors (Lipinski definition) is 32. The van der Waals surface area contributed by atoms with Gasteiger partial charge in [0.15, 0.2) is 0 Å². The van der Waals surface area contributed by atoms with Gasteiger partial charge in [-0.25, -0.2) is 74.8 Å². The number of thiophene rings is 5. The topological polar surface area (TPSA) is 454 Å². The van der Waals surface area contributed by atoms with Crippen LogP contribution >= 0.6 is 56.7 Å². The van der Waals surface area contributed by atoms with Crippen LogP contribution in [-0.4, -0.2) is 153 Å². The van der Waals surface area contributed by atoms with Gasteiger partial charge < -0.3 is 46.9 Å². The summed E-state index contributed by atoms with van der Waals surface area (Å²) in [6, 6.07) is 29.6. The second-order valence-corrected chi connectivity index (χ2v) is 47.0. The first-order valence-corrected chi connectivity index (χ1v) is 56.7. The number of nitrogens with zero attached hydrogens (tertiary/aromatic N) is 21. The Hall–Kier alpha value is -13.1. The number of nitrogen functional groups attached to an aromatic ring is 5. The molecule has 142 heavy (non-hydrogen) atoms. The van der Waals surface area contributed by atoms with E-state index in [2.05, 4.69) is 94.4 Å². The molecule has 19 heterocycles. The summed E-state index contributed by atoms with van der Waals surface area (Å²) in [6.45, 7) is 14.4. The standard InChI is InChI=1S/C21H20N4OS2.2C20H22N6OS2.2C20H21N5OS2/c1-2-3-11-28(26)21-19(22)18-15(14-7-5-4-6-8-14)12-17(25-20(18)27-21)16-9-10-23-13-24-16;2*1-4-5-6-29(27)20-18(21)17-14(16-10-24-12(2)26(16)3)7-15(25-19(17)28-20)13-8-22-11-23-9-13;2*1-3-4-8-28(26)20-18(21)17-14(16-11-23-12-25(16)2)9-15(24-19(17)27-20)13-6-5-7-22-10-13/h4-10,12-13H,2-3,11,22H2,1H3;2*7-11H,4-6,21H2,1-3H3;2*5-7,9-12H,3-4,8,21H2,1-2H3/t;2*29-;2*28-/m.1010/s1. The lowest BCUT2D eigenvalue weighted by atomic mass is 10.0. The highest BCUT2D eigenvalue weighted by Gasteiger charge is 2.30. The Morgan fingerprint density at radius 3 is 0.880 bits per heavy atom. The number of hydrogen-bond donors (Lipinski definition) is 5. The number of imidazole rings is 4. The van der Waals surface area contributed by atoms with Crippen LogP contribution in [-0.2, 0) is 82.2 Å². The highest BCUT2D eigenvalue weighted by atomic mass is 32.2. The molecule has 20 rings (SSSR count). The van der Waals surface area contributed by atoms with E-state index >= 15 is 0 Å². The van der Waals surface area contributed by atoms with E-state index in [4.69, 9.17) is 53.6 Å². The Morgan fingerprint density at radius 1 is 0.289 bits per heavy atom. The van der Waals surface area contributed by atoms with Gasteiger partial charge in [0.2, 0.25) is 0 Å². The lowest BCUT2D eigenvalue weighted by molar-refractivity contribution is 0.680. The Labute approximate surface area is 853 Å². The predicted octanol–water partition coefficient (Wildman–Crippen LogP) is 21.3. The number of anilines is 5. The van der Waals surface area contributed by atoms with E-state index in [0.29, 0.717) is 78.2 Å². The summed E-state index contributed by atoms with van der Waals surface area (Å²) in [5.41, 5.74) is 52.9. The van der Waals surface area contributed by atoms with Crippen molar-refractivity contribution in [3.05, 3.63) is 215 Å². The van der Waals surface area contributed by atoms with Gasteiger partial charge in [-0.05, 0) is 118 Å². The molecule has 0 radical (unpaired) electrons. The highest BCUT2D eigenvalue weighted by molar-refractivity contribution is 7.89. The Morgan fingerprint density at radius 2 is 0.592 bits per heavy atom. The molecule has 0 saturated carbocycles. The van der Waals surface area contributed by atoms with E-state index in [1.807, 2.05) is 176 Å². The first-order chi connectivity index (χ1) is 68.9. The van der Waals surface area contributed by atoms with Gasteiger partial charge in [0.25, 0.3) is 0 Å². The Kier molecular flexibility index (Phi) is 33.5. The zero-order valence-electron chi connectivity index (χ0n) is 80.1. The van der Waals surface area contributed by atoms with Crippen molar-refractivity contribution in [3.8, 4) is 113 Å². The number of benzene rings is 1. The molecule has 0 saturated heterocycles. The molecule has 10 N–H and O–H groups in total. The maximum Gasteiger partial charge on any atom is 0.127 e. The van der Waals surface area contributed by atoms with Gasteiger partial charge in [-0.15, -0.1) is 56.7 Å².